The molecule has 2 saturated heterocycles. The fourth-order valence-electron chi connectivity index (χ4n) is 2.77. The summed E-state index contributed by atoms with van der Waals surface area (Å²) < 4.78 is 5.70. The summed E-state index contributed by atoms with van der Waals surface area (Å²) in [5.41, 5.74) is -0.122. The highest BCUT2D eigenvalue weighted by Gasteiger charge is 2.34. The molecule has 4 heteroatoms. The maximum absolute atomic E-state index is 12.1. The molecule has 0 bridgehead atoms. The monoisotopic (exact) mass is 240 g/mol. The molecule has 17 heavy (non-hydrogen) atoms. The number of hydrogen-bond donors (Lipinski definition) is 1. The van der Waals surface area contributed by atoms with Gasteiger partial charge in [-0.15, -0.1) is 0 Å². The summed E-state index contributed by atoms with van der Waals surface area (Å²) in [4.78, 5) is 14.0. The molecule has 0 aromatic rings. The van der Waals surface area contributed by atoms with Gasteiger partial charge in [-0.1, -0.05) is 13.8 Å². The Hall–Kier alpha value is -0.610. The molecule has 2 fully saturated rings. The van der Waals surface area contributed by atoms with Crippen molar-refractivity contribution in [2.24, 2.45) is 11.8 Å². The molecule has 0 aromatic heterocycles. The Morgan fingerprint density at radius 2 is 1.94 bits per heavy atom. The third-order valence-corrected chi connectivity index (χ3v) is 3.76. The Labute approximate surface area is 104 Å². The van der Waals surface area contributed by atoms with Crippen LogP contribution in [0.1, 0.15) is 27.2 Å². The van der Waals surface area contributed by atoms with Gasteiger partial charge < -0.3 is 15.0 Å². The second-order valence-electron chi connectivity index (χ2n) is 6.09. The smallest absolute Gasteiger partial charge is 0.248 e. The van der Waals surface area contributed by atoms with Crippen LogP contribution >= 0.6 is 0 Å². The van der Waals surface area contributed by atoms with E-state index in [2.05, 4.69) is 26.1 Å². The fraction of sp³-hybridized carbons (Fsp3) is 0.923. The van der Waals surface area contributed by atoms with Crippen molar-refractivity contribution >= 4 is 5.91 Å². The highest BCUT2D eigenvalue weighted by Crippen LogP contribution is 2.21. The van der Waals surface area contributed by atoms with Gasteiger partial charge in [-0.25, -0.2) is 0 Å². The molecule has 2 aliphatic rings. The summed E-state index contributed by atoms with van der Waals surface area (Å²) in [6.45, 7) is 10.2. The molecule has 2 rings (SSSR count). The number of rotatable bonds is 3. The van der Waals surface area contributed by atoms with Crippen LogP contribution in [0.5, 0.6) is 0 Å². The molecular formula is C13H24N2O2. The molecule has 0 aliphatic carbocycles. The highest BCUT2D eigenvalue weighted by atomic mass is 16.5. The first-order chi connectivity index (χ1) is 7.98. The number of nitrogens with zero attached hydrogens (tertiary/aromatic N) is 1. The molecule has 4 nitrogen and oxygen atoms in total. The Morgan fingerprint density at radius 1 is 1.35 bits per heavy atom. The molecule has 2 atom stereocenters. The summed E-state index contributed by atoms with van der Waals surface area (Å²) in [6.07, 6.45) is 1.23. The van der Waals surface area contributed by atoms with Gasteiger partial charge in [-0.3, -0.25) is 4.79 Å². The lowest BCUT2D eigenvalue weighted by Gasteiger charge is -2.40. The minimum absolute atomic E-state index is 0.122. The Bertz CT molecular complexity index is 279. The van der Waals surface area contributed by atoms with Crippen molar-refractivity contribution in [2.45, 2.75) is 32.8 Å². The number of hydrogen-bond acceptors (Lipinski definition) is 3. The van der Waals surface area contributed by atoms with Gasteiger partial charge in [0.2, 0.25) is 5.91 Å². The molecule has 2 unspecified atom stereocenters. The zero-order valence-electron chi connectivity index (χ0n) is 11.2. The Balaban J connectivity index is 1.78. The maximum atomic E-state index is 12.1. The van der Waals surface area contributed by atoms with Gasteiger partial charge in [-0.2, -0.15) is 0 Å². The number of piperidine rings is 1. The fourth-order valence-corrected chi connectivity index (χ4v) is 2.77. The molecule has 0 aromatic carbocycles. The van der Waals surface area contributed by atoms with Crippen LogP contribution in [0.2, 0.25) is 0 Å². The minimum atomic E-state index is -0.122. The van der Waals surface area contributed by atoms with Gasteiger partial charge in [0.25, 0.3) is 0 Å². The predicted molar refractivity (Wildman–Crippen MR) is 66.8 cm³/mol. The zero-order valence-corrected chi connectivity index (χ0v) is 11.2. The van der Waals surface area contributed by atoms with E-state index in [1.807, 2.05) is 4.90 Å². The third-order valence-electron chi connectivity index (χ3n) is 3.76. The normalized spacial score (nSPS) is 32.1. The average molecular weight is 240 g/mol. The molecule has 0 radical (unpaired) electrons. The summed E-state index contributed by atoms with van der Waals surface area (Å²) >= 11 is 0. The van der Waals surface area contributed by atoms with Crippen LogP contribution in [-0.2, 0) is 9.53 Å². The average Bonchev–Trinajstić information content (AvgIpc) is 2.22. The van der Waals surface area contributed by atoms with E-state index in [-0.39, 0.29) is 18.1 Å². The number of carbonyl (C=O) groups excluding carboxylic acids is 1. The molecule has 1 N–H and O–H groups in total. The molecule has 0 saturated carbocycles. The molecular weight excluding hydrogens is 216 g/mol. The summed E-state index contributed by atoms with van der Waals surface area (Å²) in [7, 11) is 0. The van der Waals surface area contributed by atoms with Crippen molar-refractivity contribution < 1.29 is 9.53 Å². The van der Waals surface area contributed by atoms with Crippen LogP contribution in [0.15, 0.2) is 0 Å². The van der Waals surface area contributed by atoms with Crippen molar-refractivity contribution in [1.82, 2.24) is 10.2 Å². The second kappa shape index (κ2) is 4.94. The zero-order chi connectivity index (χ0) is 12.5. The SMILES string of the molecule is CC1CC(C)CN(C(=O)COC2(C)CNC2)C1. The lowest BCUT2D eigenvalue weighted by molar-refractivity contribution is -0.148. The van der Waals surface area contributed by atoms with Gasteiger partial charge in [0.15, 0.2) is 0 Å². The Morgan fingerprint density at radius 3 is 2.41 bits per heavy atom. The van der Waals surface area contributed by atoms with Crippen molar-refractivity contribution in [3.63, 3.8) is 0 Å². The van der Waals surface area contributed by atoms with Crippen LogP contribution < -0.4 is 5.32 Å². The van der Waals surface area contributed by atoms with E-state index in [0.29, 0.717) is 11.8 Å². The van der Waals surface area contributed by atoms with Crippen LogP contribution in [0.4, 0.5) is 0 Å². The van der Waals surface area contributed by atoms with Crippen molar-refractivity contribution in [3.05, 3.63) is 0 Å². The van der Waals surface area contributed by atoms with E-state index < -0.39 is 0 Å². The lowest BCUT2D eigenvalue weighted by Crippen LogP contribution is -2.60. The van der Waals surface area contributed by atoms with Crippen LogP contribution in [-0.4, -0.2) is 49.2 Å². The van der Waals surface area contributed by atoms with E-state index in [9.17, 15) is 4.79 Å². The predicted octanol–water partition coefficient (Wildman–Crippen LogP) is 0.869. The Kier molecular flexibility index (Phi) is 3.73. The van der Waals surface area contributed by atoms with Gasteiger partial charge in [0, 0.05) is 26.2 Å². The van der Waals surface area contributed by atoms with E-state index >= 15 is 0 Å². The molecule has 98 valence electrons. The molecule has 2 aliphatic heterocycles. The van der Waals surface area contributed by atoms with Gasteiger partial charge >= 0.3 is 0 Å². The number of carbonyl (C=O) groups is 1. The first-order valence-electron chi connectivity index (χ1n) is 6.61. The second-order valence-corrected chi connectivity index (χ2v) is 6.09. The summed E-state index contributed by atoms with van der Waals surface area (Å²) in [5, 5.41) is 3.17. The topological polar surface area (TPSA) is 41.6 Å². The quantitative estimate of drug-likeness (QED) is 0.796. The van der Waals surface area contributed by atoms with Gasteiger partial charge in [0.05, 0.1) is 5.60 Å². The van der Waals surface area contributed by atoms with Crippen LogP contribution in [0, 0.1) is 11.8 Å². The first-order valence-corrected chi connectivity index (χ1v) is 6.61. The van der Waals surface area contributed by atoms with Crippen LogP contribution in [0.25, 0.3) is 0 Å². The number of ether oxygens (including phenoxy) is 1. The van der Waals surface area contributed by atoms with Gasteiger partial charge in [0.1, 0.15) is 6.61 Å². The summed E-state index contributed by atoms with van der Waals surface area (Å²) in [5.74, 6) is 1.38. The first kappa shape index (κ1) is 12.8. The number of likely N-dealkylation sites (tertiary alicyclic amines) is 1. The number of amides is 1. The minimum Gasteiger partial charge on any atom is -0.363 e. The van der Waals surface area contributed by atoms with E-state index in [0.717, 1.165) is 26.2 Å². The number of nitrogens with one attached hydrogen (secondary N) is 1. The van der Waals surface area contributed by atoms with E-state index in [1.165, 1.54) is 6.42 Å². The van der Waals surface area contributed by atoms with E-state index in [4.69, 9.17) is 4.74 Å². The third kappa shape index (κ3) is 3.19. The van der Waals surface area contributed by atoms with Crippen molar-refractivity contribution in [3.8, 4) is 0 Å². The maximum Gasteiger partial charge on any atom is 0.248 e. The van der Waals surface area contributed by atoms with Crippen molar-refractivity contribution in [1.29, 1.82) is 0 Å². The summed E-state index contributed by atoms with van der Waals surface area (Å²) in [6, 6.07) is 0. The van der Waals surface area contributed by atoms with Gasteiger partial charge in [-0.05, 0) is 25.2 Å². The van der Waals surface area contributed by atoms with Crippen molar-refractivity contribution in [2.75, 3.05) is 32.8 Å². The standard InChI is InChI=1S/C13H24N2O2/c1-10-4-11(2)6-15(5-10)12(16)7-17-13(3)8-14-9-13/h10-11,14H,4-9H2,1-3H3. The van der Waals surface area contributed by atoms with Crippen LogP contribution in [0.3, 0.4) is 0 Å². The highest BCUT2D eigenvalue weighted by molar-refractivity contribution is 5.77. The largest absolute Gasteiger partial charge is 0.363 e. The molecule has 0 spiro atoms. The molecule has 1 amide bonds. The lowest BCUT2D eigenvalue weighted by atomic mass is 9.92. The van der Waals surface area contributed by atoms with E-state index in [1.54, 1.807) is 0 Å². The molecule has 2 heterocycles.